The van der Waals surface area contributed by atoms with Crippen LogP contribution in [0.4, 0.5) is 0 Å². The standard InChI is InChI=1S/C19H28O5/c1-17(2,3)11-13(20)12(18(4,5)6)15-10(14(11)23-24-15)16(21)22-19(7,8)9/h20H,1-9H3. The lowest BCUT2D eigenvalue weighted by Crippen LogP contribution is -2.25. The highest BCUT2D eigenvalue weighted by Gasteiger charge is 2.44. The summed E-state index contributed by atoms with van der Waals surface area (Å²) in [5.74, 6) is 0.0975. The van der Waals surface area contributed by atoms with E-state index in [2.05, 4.69) is 0 Å². The molecule has 5 heteroatoms. The smallest absolute Gasteiger partial charge is 0.346 e. The molecule has 24 heavy (non-hydrogen) atoms. The molecule has 0 amide bonds. The van der Waals surface area contributed by atoms with E-state index in [1.807, 2.05) is 41.5 Å². The molecule has 5 nitrogen and oxygen atoms in total. The van der Waals surface area contributed by atoms with Crippen molar-refractivity contribution in [3.63, 3.8) is 0 Å². The summed E-state index contributed by atoms with van der Waals surface area (Å²) in [5, 5.41) is 10.9. The van der Waals surface area contributed by atoms with E-state index >= 15 is 0 Å². The van der Waals surface area contributed by atoms with Crippen LogP contribution in [0.1, 0.15) is 83.8 Å². The summed E-state index contributed by atoms with van der Waals surface area (Å²) in [6.45, 7) is 17.1. The number of hydrogen-bond donors (Lipinski definition) is 1. The molecule has 1 aromatic rings. The van der Waals surface area contributed by atoms with E-state index < -0.39 is 22.4 Å². The molecule has 134 valence electrons. The minimum Gasteiger partial charge on any atom is -0.507 e. The molecule has 0 saturated heterocycles. The molecule has 0 aromatic heterocycles. The second kappa shape index (κ2) is 5.30. The highest BCUT2D eigenvalue weighted by atomic mass is 17.2. The van der Waals surface area contributed by atoms with Crippen LogP contribution in [-0.2, 0) is 15.6 Å². The van der Waals surface area contributed by atoms with Crippen molar-refractivity contribution < 1.29 is 24.4 Å². The minimum absolute atomic E-state index is 0.116. The fourth-order valence-corrected chi connectivity index (χ4v) is 2.85. The van der Waals surface area contributed by atoms with Crippen molar-refractivity contribution in [3.8, 4) is 17.2 Å². The van der Waals surface area contributed by atoms with Crippen molar-refractivity contribution in [1.29, 1.82) is 0 Å². The summed E-state index contributed by atoms with van der Waals surface area (Å²) in [4.78, 5) is 23.5. The second-order valence-corrected chi connectivity index (χ2v) is 9.30. The molecule has 0 fully saturated rings. The number of benzene rings is 1. The van der Waals surface area contributed by atoms with E-state index in [9.17, 15) is 9.90 Å². The molecule has 0 spiro atoms. The van der Waals surface area contributed by atoms with Gasteiger partial charge in [0.05, 0.1) is 0 Å². The summed E-state index contributed by atoms with van der Waals surface area (Å²) >= 11 is 0. The molecule has 1 aliphatic rings. The van der Waals surface area contributed by atoms with Crippen molar-refractivity contribution in [2.75, 3.05) is 0 Å². The zero-order valence-corrected chi connectivity index (χ0v) is 16.1. The van der Waals surface area contributed by atoms with Crippen LogP contribution in [0.2, 0.25) is 0 Å². The van der Waals surface area contributed by atoms with Crippen LogP contribution in [-0.4, -0.2) is 16.7 Å². The summed E-state index contributed by atoms with van der Waals surface area (Å²) in [6.07, 6.45) is 0. The fourth-order valence-electron chi connectivity index (χ4n) is 2.85. The van der Waals surface area contributed by atoms with Gasteiger partial charge in [0.1, 0.15) is 11.4 Å². The van der Waals surface area contributed by atoms with Gasteiger partial charge in [-0.2, -0.15) is 0 Å². The maximum Gasteiger partial charge on any atom is 0.346 e. The van der Waals surface area contributed by atoms with E-state index in [0.717, 1.165) is 0 Å². The van der Waals surface area contributed by atoms with Crippen molar-refractivity contribution in [2.45, 2.75) is 78.7 Å². The Balaban J connectivity index is 2.81. The van der Waals surface area contributed by atoms with E-state index in [1.54, 1.807) is 20.8 Å². The Morgan fingerprint density at radius 1 is 0.833 bits per heavy atom. The molecule has 2 bridgehead atoms. The van der Waals surface area contributed by atoms with Gasteiger partial charge in [-0.25, -0.2) is 4.79 Å². The predicted octanol–water partition coefficient (Wildman–Crippen LogP) is 4.63. The first kappa shape index (κ1) is 18.4. The number of hydrogen-bond acceptors (Lipinski definition) is 5. The van der Waals surface area contributed by atoms with Crippen LogP contribution < -0.4 is 9.78 Å². The minimum atomic E-state index is -0.641. The average molecular weight is 336 g/mol. The highest BCUT2D eigenvalue weighted by molar-refractivity contribution is 5.99. The Morgan fingerprint density at radius 2 is 1.21 bits per heavy atom. The number of rotatable bonds is 1. The Hall–Kier alpha value is -1.91. The molecule has 0 saturated carbocycles. The van der Waals surface area contributed by atoms with Gasteiger partial charge < -0.3 is 9.84 Å². The van der Waals surface area contributed by atoms with Gasteiger partial charge in [0.2, 0.25) is 11.5 Å². The van der Waals surface area contributed by atoms with Crippen LogP contribution in [0.25, 0.3) is 0 Å². The van der Waals surface area contributed by atoms with Gasteiger partial charge >= 0.3 is 5.97 Å². The van der Waals surface area contributed by atoms with E-state index in [4.69, 9.17) is 14.5 Å². The molecule has 0 radical (unpaired) electrons. The monoisotopic (exact) mass is 336 g/mol. The predicted molar refractivity (Wildman–Crippen MR) is 91.9 cm³/mol. The van der Waals surface area contributed by atoms with Crippen LogP contribution >= 0.6 is 0 Å². The second-order valence-electron chi connectivity index (χ2n) is 9.30. The number of aromatic hydroxyl groups is 1. The highest BCUT2D eigenvalue weighted by Crippen LogP contribution is 2.55. The first-order chi connectivity index (χ1) is 10.6. The lowest BCUT2D eigenvalue weighted by molar-refractivity contribution is -0.0869. The number of phenolic OH excluding ortho intramolecular Hbond substituents is 1. The lowest BCUT2D eigenvalue weighted by atomic mass is 9.77. The number of ether oxygens (including phenoxy) is 1. The van der Waals surface area contributed by atoms with Crippen LogP contribution in [0.15, 0.2) is 0 Å². The Morgan fingerprint density at radius 3 is 1.50 bits per heavy atom. The van der Waals surface area contributed by atoms with E-state index in [-0.39, 0.29) is 22.8 Å². The molecular weight excluding hydrogens is 308 g/mol. The summed E-state index contributed by atoms with van der Waals surface area (Å²) in [6, 6.07) is 0. The van der Waals surface area contributed by atoms with Gasteiger partial charge in [-0.15, -0.1) is 0 Å². The summed E-state index contributed by atoms with van der Waals surface area (Å²) in [7, 11) is 0. The molecule has 1 aliphatic heterocycles. The number of carbonyl (C=O) groups excluding carboxylic acids is 1. The molecule has 1 heterocycles. The van der Waals surface area contributed by atoms with Gasteiger partial charge in [0.25, 0.3) is 0 Å². The molecule has 0 aliphatic carbocycles. The van der Waals surface area contributed by atoms with E-state index in [0.29, 0.717) is 11.1 Å². The number of phenols is 1. The molecule has 1 N–H and O–H groups in total. The quantitative estimate of drug-likeness (QED) is 0.598. The topological polar surface area (TPSA) is 65.0 Å². The van der Waals surface area contributed by atoms with Crippen molar-refractivity contribution in [1.82, 2.24) is 0 Å². The van der Waals surface area contributed by atoms with Gasteiger partial charge in [0.15, 0.2) is 5.56 Å². The molecule has 0 atom stereocenters. The maximum absolute atomic E-state index is 12.7. The van der Waals surface area contributed by atoms with Crippen LogP contribution in [0, 0.1) is 0 Å². The van der Waals surface area contributed by atoms with E-state index in [1.165, 1.54) is 0 Å². The van der Waals surface area contributed by atoms with Gasteiger partial charge in [-0.1, -0.05) is 41.5 Å². The SMILES string of the molecule is CC(C)(C)OC(=O)c1c2c(C(C)(C)C)c(O)c(C(C)(C)C)c1OO2. The Bertz CT molecular complexity index is 639. The summed E-state index contributed by atoms with van der Waals surface area (Å²) < 4.78 is 5.52. The first-order valence-corrected chi connectivity index (χ1v) is 8.16. The normalized spacial score (nSPS) is 14.2. The lowest BCUT2D eigenvalue weighted by Gasteiger charge is -2.27. The molecule has 2 rings (SSSR count). The number of fused-ring (bicyclic) bond motifs is 2. The van der Waals surface area contributed by atoms with Gasteiger partial charge in [-0.3, -0.25) is 9.78 Å². The van der Waals surface area contributed by atoms with Crippen molar-refractivity contribution in [2.24, 2.45) is 0 Å². The van der Waals surface area contributed by atoms with Gasteiger partial charge in [0, 0.05) is 11.1 Å². The average Bonchev–Trinajstić information content (AvgIpc) is 2.60. The summed E-state index contributed by atoms with van der Waals surface area (Å²) in [5.41, 5.74) is -0.177. The third-order valence-corrected chi connectivity index (χ3v) is 3.69. The zero-order chi connectivity index (χ0) is 18.7. The van der Waals surface area contributed by atoms with Crippen molar-refractivity contribution >= 4 is 5.97 Å². The Kier molecular flexibility index (Phi) is 4.07. The number of esters is 1. The third kappa shape index (κ3) is 3.17. The molecular formula is C19H28O5. The number of carbonyl (C=O) groups is 1. The first-order valence-electron chi connectivity index (χ1n) is 8.16. The van der Waals surface area contributed by atoms with Crippen LogP contribution in [0.3, 0.4) is 0 Å². The van der Waals surface area contributed by atoms with Gasteiger partial charge in [-0.05, 0) is 31.6 Å². The Labute approximate surface area is 143 Å². The third-order valence-electron chi connectivity index (χ3n) is 3.69. The largest absolute Gasteiger partial charge is 0.507 e. The maximum atomic E-state index is 12.7. The van der Waals surface area contributed by atoms with Crippen molar-refractivity contribution in [3.05, 3.63) is 16.7 Å². The zero-order valence-electron chi connectivity index (χ0n) is 16.1. The van der Waals surface area contributed by atoms with Crippen LogP contribution in [0.5, 0.6) is 17.2 Å². The molecule has 1 aromatic carbocycles. The molecule has 0 unspecified atom stereocenters. The fraction of sp³-hybridized carbons (Fsp3) is 0.632.